The van der Waals surface area contributed by atoms with Crippen molar-refractivity contribution in [3.8, 4) is 11.4 Å². The molecule has 26 heavy (non-hydrogen) atoms. The first kappa shape index (κ1) is 18.0. The van der Waals surface area contributed by atoms with Crippen molar-refractivity contribution in [3.63, 3.8) is 0 Å². The summed E-state index contributed by atoms with van der Waals surface area (Å²) in [6, 6.07) is 9.87. The number of anilines is 1. The number of thiophene rings is 1. The van der Waals surface area contributed by atoms with E-state index < -0.39 is 11.0 Å². The molecule has 7 nitrogen and oxygen atoms in total. The van der Waals surface area contributed by atoms with Crippen LogP contribution in [0.15, 0.2) is 47.2 Å². The minimum atomic E-state index is -0.621. The highest BCUT2D eigenvalue weighted by Crippen LogP contribution is 2.22. The van der Waals surface area contributed by atoms with E-state index >= 15 is 0 Å². The highest BCUT2D eigenvalue weighted by atomic mass is 32.1. The maximum absolute atomic E-state index is 10.8. The Labute approximate surface area is 154 Å². The molecular weight excluding hydrogens is 352 g/mol. The number of nitrogens with one attached hydrogen (secondary N) is 1. The van der Waals surface area contributed by atoms with Gasteiger partial charge >= 0.3 is 0 Å². The van der Waals surface area contributed by atoms with Crippen LogP contribution in [-0.2, 0) is 6.42 Å². The van der Waals surface area contributed by atoms with E-state index in [4.69, 9.17) is 0 Å². The van der Waals surface area contributed by atoms with Gasteiger partial charge in [-0.2, -0.15) is 11.3 Å². The third-order valence-electron chi connectivity index (χ3n) is 3.88. The number of rotatable bonds is 7. The summed E-state index contributed by atoms with van der Waals surface area (Å²) >= 11 is 1.54. The molecule has 1 unspecified atom stereocenters. The number of non-ortho nitro benzene ring substituents is 1. The van der Waals surface area contributed by atoms with Crippen molar-refractivity contribution < 1.29 is 10.0 Å². The van der Waals surface area contributed by atoms with Crippen LogP contribution >= 0.6 is 11.3 Å². The Morgan fingerprint density at radius 2 is 2.04 bits per heavy atom. The molecule has 0 radical (unpaired) electrons. The van der Waals surface area contributed by atoms with Gasteiger partial charge in [-0.15, -0.1) is 0 Å². The minimum absolute atomic E-state index is 0.0256. The molecule has 0 amide bonds. The number of aryl methyl sites for hydroxylation is 1. The number of nitrogens with zero attached hydrogens (tertiary/aromatic N) is 3. The number of aromatic nitrogens is 2. The molecule has 2 N–H and O–H groups in total. The third kappa shape index (κ3) is 4.22. The van der Waals surface area contributed by atoms with Crippen LogP contribution in [0.3, 0.4) is 0 Å². The molecular formula is C18H18N4O3S. The highest BCUT2D eigenvalue weighted by Gasteiger charge is 2.11. The van der Waals surface area contributed by atoms with E-state index in [1.807, 2.05) is 29.8 Å². The molecule has 2 aromatic heterocycles. The molecule has 134 valence electrons. The molecule has 0 spiro atoms. The maximum atomic E-state index is 10.8. The van der Waals surface area contributed by atoms with Crippen molar-refractivity contribution in [2.75, 3.05) is 11.9 Å². The molecule has 0 aliphatic carbocycles. The quantitative estimate of drug-likeness (QED) is 0.484. The molecule has 3 aromatic rings. The van der Waals surface area contributed by atoms with Gasteiger partial charge in [-0.25, -0.2) is 9.97 Å². The van der Waals surface area contributed by atoms with E-state index in [2.05, 4.69) is 15.3 Å². The molecule has 0 saturated carbocycles. The van der Waals surface area contributed by atoms with Crippen LogP contribution < -0.4 is 5.32 Å². The van der Waals surface area contributed by atoms with E-state index in [-0.39, 0.29) is 5.69 Å². The second-order valence-electron chi connectivity index (χ2n) is 5.68. The van der Waals surface area contributed by atoms with Gasteiger partial charge in [0.25, 0.3) is 5.69 Å². The van der Waals surface area contributed by atoms with E-state index in [0.29, 0.717) is 23.8 Å². The van der Waals surface area contributed by atoms with Gasteiger partial charge in [-0.3, -0.25) is 10.1 Å². The number of aliphatic hydroxyl groups excluding tert-OH is 1. The Bertz CT molecular complexity index is 882. The van der Waals surface area contributed by atoms with Crippen LogP contribution in [0.1, 0.15) is 24.3 Å². The van der Waals surface area contributed by atoms with E-state index in [9.17, 15) is 15.2 Å². The van der Waals surface area contributed by atoms with E-state index in [0.717, 1.165) is 17.7 Å². The Morgan fingerprint density at radius 3 is 2.65 bits per heavy atom. The summed E-state index contributed by atoms with van der Waals surface area (Å²) in [5, 5.41) is 28.0. The second-order valence-corrected chi connectivity index (χ2v) is 6.46. The molecule has 1 atom stereocenters. The molecule has 0 aliphatic heterocycles. The number of nitro groups is 1. The summed E-state index contributed by atoms with van der Waals surface area (Å²) in [6.45, 7) is 2.32. The molecule has 2 heterocycles. The fraction of sp³-hybridized carbons (Fsp3) is 0.222. The fourth-order valence-corrected chi connectivity index (χ4v) is 3.12. The van der Waals surface area contributed by atoms with Gasteiger partial charge in [0.15, 0.2) is 5.82 Å². The van der Waals surface area contributed by atoms with Crippen molar-refractivity contribution >= 4 is 22.8 Å². The topological polar surface area (TPSA) is 101 Å². The van der Waals surface area contributed by atoms with Crippen LogP contribution in [0.25, 0.3) is 11.4 Å². The van der Waals surface area contributed by atoms with Gasteiger partial charge in [0.2, 0.25) is 0 Å². The van der Waals surface area contributed by atoms with Crippen molar-refractivity contribution in [1.29, 1.82) is 0 Å². The number of hydrogen-bond acceptors (Lipinski definition) is 7. The Hall–Kier alpha value is -2.84. The van der Waals surface area contributed by atoms with Crippen LogP contribution in [0.4, 0.5) is 11.5 Å². The van der Waals surface area contributed by atoms with Crippen molar-refractivity contribution in [1.82, 2.24) is 9.97 Å². The second kappa shape index (κ2) is 8.03. The lowest BCUT2D eigenvalue weighted by Crippen LogP contribution is -2.13. The van der Waals surface area contributed by atoms with Crippen LogP contribution in [0.5, 0.6) is 0 Å². The summed E-state index contributed by atoms with van der Waals surface area (Å²) in [5.74, 6) is 1.10. The maximum Gasteiger partial charge on any atom is 0.269 e. The van der Waals surface area contributed by atoms with Gasteiger partial charge < -0.3 is 10.4 Å². The Kier molecular flexibility index (Phi) is 5.55. The Balaban J connectivity index is 1.80. The average Bonchev–Trinajstić information content (AvgIpc) is 3.20. The number of nitro benzene ring substituents is 1. The van der Waals surface area contributed by atoms with E-state index in [1.165, 1.54) is 23.5 Å². The van der Waals surface area contributed by atoms with E-state index in [1.54, 1.807) is 12.1 Å². The molecule has 8 heteroatoms. The molecule has 0 bridgehead atoms. The zero-order valence-electron chi connectivity index (χ0n) is 14.1. The van der Waals surface area contributed by atoms with Crippen LogP contribution in [0.2, 0.25) is 0 Å². The largest absolute Gasteiger partial charge is 0.387 e. The van der Waals surface area contributed by atoms with Crippen LogP contribution in [0, 0.1) is 10.1 Å². The summed E-state index contributed by atoms with van der Waals surface area (Å²) in [5.41, 5.74) is 2.44. The molecule has 0 aliphatic rings. The molecule has 3 rings (SSSR count). The third-order valence-corrected chi connectivity index (χ3v) is 4.58. The first-order valence-corrected chi connectivity index (χ1v) is 9.08. The predicted molar refractivity (Wildman–Crippen MR) is 101 cm³/mol. The average molecular weight is 370 g/mol. The van der Waals surface area contributed by atoms with Crippen molar-refractivity contribution in [2.45, 2.75) is 19.4 Å². The molecule has 0 saturated heterocycles. The fourth-order valence-electron chi connectivity index (χ4n) is 2.41. The normalized spacial score (nSPS) is 11.9. The predicted octanol–water partition coefficient (Wildman–Crippen LogP) is 3.82. The van der Waals surface area contributed by atoms with Gasteiger partial charge in [0.05, 0.1) is 11.0 Å². The first-order valence-electron chi connectivity index (χ1n) is 8.13. The summed E-state index contributed by atoms with van der Waals surface area (Å²) in [6.07, 6.45) is 0.105. The van der Waals surface area contributed by atoms with Gasteiger partial charge in [-0.05, 0) is 40.9 Å². The lowest BCUT2D eigenvalue weighted by atomic mass is 10.2. The lowest BCUT2D eigenvalue weighted by molar-refractivity contribution is -0.384. The standard InChI is InChI=1S/C18H18N4O3S/c1-2-14-9-17(19-10-16(23)13-7-8-26-11-13)21-18(20-14)12-3-5-15(6-4-12)22(24)25/h3-9,11,16,23H,2,10H2,1H3,(H,19,20,21). The first-order chi connectivity index (χ1) is 12.6. The summed E-state index contributed by atoms with van der Waals surface area (Å²) in [7, 11) is 0. The van der Waals surface area contributed by atoms with Gasteiger partial charge in [0.1, 0.15) is 5.82 Å². The summed E-state index contributed by atoms with van der Waals surface area (Å²) < 4.78 is 0. The zero-order valence-corrected chi connectivity index (χ0v) is 14.9. The SMILES string of the molecule is CCc1cc(NCC(O)c2ccsc2)nc(-c2ccc([N+](=O)[O-])cc2)n1. The molecule has 0 fully saturated rings. The monoisotopic (exact) mass is 370 g/mol. The van der Waals surface area contributed by atoms with Crippen molar-refractivity contribution in [2.24, 2.45) is 0 Å². The van der Waals surface area contributed by atoms with Crippen molar-refractivity contribution in [3.05, 3.63) is 68.5 Å². The van der Waals surface area contributed by atoms with Gasteiger partial charge in [-0.1, -0.05) is 6.92 Å². The highest BCUT2D eigenvalue weighted by molar-refractivity contribution is 7.07. The smallest absolute Gasteiger partial charge is 0.269 e. The number of aliphatic hydroxyl groups is 1. The molecule has 1 aromatic carbocycles. The van der Waals surface area contributed by atoms with Crippen LogP contribution in [-0.4, -0.2) is 26.5 Å². The van der Waals surface area contributed by atoms with Gasteiger partial charge in [0, 0.05) is 36.0 Å². The Morgan fingerprint density at radius 1 is 1.27 bits per heavy atom. The minimum Gasteiger partial charge on any atom is -0.387 e. The number of hydrogen-bond donors (Lipinski definition) is 2. The zero-order chi connectivity index (χ0) is 18.5. The summed E-state index contributed by atoms with van der Waals surface area (Å²) in [4.78, 5) is 19.3. The lowest BCUT2D eigenvalue weighted by Gasteiger charge is -2.13. The number of benzene rings is 1.